The summed E-state index contributed by atoms with van der Waals surface area (Å²) in [5.41, 5.74) is 11.6. The Bertz CT molecular complexity index is 791. The molecule has 2 amide bonds. The van der Waals surface area contributed by atoms with Gasteiger partial charge in [-0.15, -0.1) is 10.2 Å². The maximum atomic E-state index is 12.9. The normalized spacial score (nSPS) is 12.0. The number of nitrogens with zero attached hydrogens (tertiary/aromatic N) is 4. The fourth-order valence-corrected chi connectivity index (χ4v) is 2.30. The molecule has 0 aliphatic heterocycles. The lowest BCUT2D eigenvalue weighted by atomic mass is 9.89. The van der Waals surface area contributed by atoms with Crippen LogP contribution in [0.2, 0.25) is 0 Å². The van der Waals surface area contributed by atoms with E-state index in [0.29, 0.717) is 12.1 Å². The van der Waals surface area contributed by atoms with E-state index in [4.69, 9.17) is 11.5 Å². The molecule has 1 radical (unpaired) electrons. The summed E-state index contributed by atoms with van der Waals surface area (Å²) in [5, 5.41) is 14.2. The van der Waals surface area contributed by atoms with Crippen molar-refractivity contribution in [3.05, 3.63) is 47.6 Å². The molecule has 0 unspecified atom stereocenters. The molecule has 0 aliphatic carbocycles. The van der Waals surface area contributed by atoms with E-state index in [-0.39, 0.29) is 24.6 Å². The Morgan fingerprint density at radius 2 is 1.93 bits per heavy atom. The molecule has 5 N–H and O–H groups in total. The summed E-state index contributed by atoms with van der Waals surface area (Å²) >= 11 is 0. The highest BCUT2D eigenvalue weighted by Crippen LogP contribution is 2.23. The van der Waals surface area contributed by atoms with E-state index < -0.39 is 23.8 Å². The number of ketones is 1. The number of nitrogens with one attached hydrogen (secondary N) is 1. The first-order valence-electron chi connectivity index (χ1n) is 8.53. The number of benzene rings is 1. The van der Waals surface area contributed by atoms with E-state index in [0.717, 1.165) is 11.2 Å². The van der Waals surface area contributed by atoms with Crippen molar-refractivity contribution in [2.24, 2.45) is 11.5 Å². The summed E-state index contributed by atoms with van der Waals surface area (Å²) in [4.78, 5) is 36.6. The predicted octanol–water partition coefficient (Wildman–Crippen LogP) is -0.226. The molecule has 2 aromatic rings. The van der Waals surface area contributed by atoms with Crippen LogP contribution in [0.3, 0.4) is 0 Å². The highest BCUT2D eigenvalue weighted by Gasteiger charge is 2.32. The molecule has 1 aromatic carbocycles. The minimum absolute atomic E-state index is 0.0193. The Balaban J connectivity index is 2.29. The zero-order valence-corrected chi connectivity index (χ0v) is 15.0. The molecule has 0 saturated heterocycles. The van der Waals surface area contributed by atoms with Gasteiger partial charge in [-0.05, 0) is 23.6 Å². The number of hydrogen-bond donors (Lipinski definition) is 3. The molecule has 10 heteroatoms. The number of rotatable bonds is 9. The van der Waals surface area contributed by atoms with E-state index >= 15 is 0 Å². The zero-order chi connectivity index (χ0) is 19.8. The van der Waals surface area contributed by atoms with Gasteiger partial charge in [0.25, 0.3) is 0 Å². The minimum atomic E-state index is -0.964. The monoisotopic (exact) mass is 372 g/mol. The van der Waals surface area contributed by atoms with Gasteiger partial charge in [-0.25, -0.2) is 4.79 Å². The van der Waals surface area contributed by atoms with E-state index in [1.807, 2.05) is 6.92 Å². The molecule has 1 atom stereocenters. The van der Waals surface area contributed by atoms with Crippen LogP contribution < -0.4 is 16.8 Å². The van der Waals surface area contributed by atoms with Crippen LogP contribution in [-0.4, -0.2) is 50.5 Å². The lowest BCUT2D eigenvalue weighted by molar-refractivity contribution is -0.119. The molecule has 0 aliphatic rings. The van der Waals surface area contributed by atoms with Crippen molar-refractivity contribution in [2.45, 2.75) is 32.2 Å². The van der Waals surface area contributed by atoms with Gasteiger partial charge in [0, 0.05) is 13.0 Å². The molecule has 2 rings (SSSR count). The van der Waals surface area contributed by atoms with Crippen LogP contribution in [0.5, 0.6) is 0 Å². The number of carbonyl (C=O) groups excluding carboxylic acids is 3. The first-order valence-corrected chi connectivity index (χ1v) is 8.53. The van der Waals surface area contributed by atoms with Crippen molar-refractivity contribution in [1.29, 1.82) is 0 Å². The number of aromatic nitrogens is 4. The zero-order valence-electron chi connectivity index (χ0n) is 15.0. The third kappa shape index (κ3) is 5.42. The topological polar surface area (TPSA) is 159 Å². The van der Waals surface area contributed by atoms with Gasteiger partial charge in [0.1, 0.15) is 5.92 Å². The highest BCUT2D eigenvalue weighted by molar-refractivity contribution is 6.02. The Hall–Kier alpha value is -3.14. The van der Waals surface area contributed by atoms with Crippen molar-refractivity contribution in [1.82, 2.24) is 25.5 Å². The van der Waals surface area contributed by atoms with Crippen LogP contribution in [0.1, 0.15) is 37.6 Å². The van der Waals surface area contributed by atoms with Crippen molar-refractivity contribution in [3.63, 3.8) is 0 Å². The average Bonchev–Trinajstić information content (AvgIpc) is 3.14. The molecule has 0 spiro atoms. The maximum Gasteiger partial charge on any atom is 0.360 e. The van der Waals surface area contributed by atoms with Crippen LogP contribution >= 0.6 is 0 Å². The molecule has 143 valence electrons. The van der Waals surface area contributed by atoms with Crippen molar-refractivity contribution >= 4 is 17.7 Å². The molecule has 1 heterocycles. The van der Waals surface area contributed by atoms with Crippen molar-refractivity contribution in [3.8, 4) is 0 Å². The summed E-state index contributed by atoms with van der Waals surface area (Å²) in [5.74, 6) is -0.901. The number of amides is 2. The summed E-state index contributed by atoms with van der Waals surface area (Å²) in [7, 11) is 0. The van der Waals surface area contributed by atoms with Crippen LogP contribution in [0.25, 0.3) is 0 Å². The number of hydrogen-bond acceptors (Lipinski definition) is 7. The molecule has 0 bridgehead atoms. The quantitative estimate of drug-likeness (QED) is 0.548. The Morgan fingerprint density at radius 1 is 1.22 bits per heavy atom. The second-order valence-electron chi connectivity index (χ2n) is 5.85. The van der Waals surface area contributed by atoms with Gasteiger partial charge in [0.05, 0.1) is 6.04 Å². The summed E-state index contributed by atoms with van der Waals surface area (Å²) in [6.45, 7) is 2.37. The van der Waals surface area contributed by atoms with Gasteiger partial charge in [0.2, 0.25) is 5.91 Å². The number of Topliss-reactive ketones (excluding diaryl/α,β-unsaturated/α-hetero) is 1. The summed E-state index contributed by atoms with van der Waals surface area (Å²) < 4.78 is 0. The van der Waals surface area contributed by atoms with Crippen LogP contribution in [0.4, 0.5) is 4.79 Å². The van der Waals surface area contributed by atoms with Gasteiger partial charge in [-0.2, -0.15) is 0 Å². The van der Waals surface area contributed by atoms with Gasteiger partial charge in [0.15, 0.2) is 11.6 Å². The molecular weight excluding hydrogens is 350 g/mol. The SMILES string of the molecule is CCCNC(=O)n1nnc([C](C(=O)[C@@H](N)CCC(N)=O)c2ccccc2)n1. The van der Waals surface area contributed by atoms with E-state index in [1.54, 1.807) is 30.3 Å². The van der Waals surface area contributed by atoms with Crippen LogP contribution in [-0.2, 0) is 9.59 Å². The molecular formula is C17H22N7O3. The fourth-order valence-electron chi connectivity index (χ4n) is 2.30. The first-order chi connectivity index (χ1) is 12.9. The third-order valence-electron chi connectivity index (χ3n) is 3.69. The second kappa shape index (κ2) is 9.53. The highest BCUT2D eigenvalue weighted by atomic mass is 16.2. The first kappa shape index (κ1) is 20.2. The molecule has 27 heavy (non-hydrogen) atoms. The number of primary amides is 1. The summed E-state index contributed by atoms with van der Waals surface area (Å²) in [6, 6.07) is 7.17. The molecule has 0 fully saturated rings. The lowest BCUT2D eigenvalue weighted by Gasteiger charge is -2.16. The smallest absolute Gasteiger partial charge is 0.360 e. The van der Waals surface area contributed by atoms with Gasteiger partial charge >= 0.3 is 6.03 Å². The third-order valence-corrected chi connectivity index (χ3v) is 3.69. The number of carbonyl (C=O) groups is 3. The lowest BCUT2D eigenvalue weighted by Crippen LogP contribution is -2.37. The number of nitrogens with two attached hydrogens (primary N) is 2. The van der Waals surface area contributed by atoms with E-state index in [1.165, 1.54) is 0 Å². The van der Waals surface area contributed by atoms with Crippen molar-refractivity contribution < 1.29 is 14.4 Å². The molecule has 10 nitrogen and oxygen atoms in total. The second-order valence-corrected chi connectivity index (χ2v) is 5.85. The van der Waals surface area contributed by atoms with Gasteiger partial charge in [-0.3, -0.25) is 9.59 Å². The molecule has 1 aromatic heterocycles. The average molecular weight is 372 g/mol. The predicted molar refractivity (Wildman–Crippen MR) is 96.2 cm³/mol. The standard InChI is InChI=1S/C17H22N7O3/c1-2-10-20-17(27)24-22-16(21-23-24)14(11-6-4-3-5-7-11)15(26)12(18)8-9-13(19)25/h3-7,12H,2,8-10,18H2,1H3,(H2,19,25)(H,20,27)/t12-/m0/s1. The van der Waals surface area contributed by atoms with Gasteiger partial charge < -0.3 is 16.8 Å². The maximum absolute atomic E-state index is 12.9. The van der Waals surface area contributed by atoms with E-state index in [2.05, 4.69) is 20.7 Å². The van der Waals surface area contributed by atoms with Crippen LogP contribution in [0, 0.1) is 5.92 Å². The Kier molecular flexibility index (Phi) is 7.12. The fraction of sp³-hybridized carbons (Fsp3) is 0.353. The van der Waals surface area contributed by atoms with E-state index in [9.17, 15) is 14.4 Å². The minimum Gasteiger partial charge on any atom is -0.370 e. The Morgan fingerprint density at radius 3 is 2.56 bits per heavy atom. The van der Waals surface area contributed by atoms with Crippen LogP contribution in [0.15, 0.2) is 30.3 Å². The number of tetrazole rings is 1. The Labute approximate surface area is 156 Å². The molecule has 0 saturated carbocycles. The summed E-state index contributed by atoms with van der Waals surface area (Å²) in [6.07, 6.45) is 0.825. The largest absolute Gasteiger partial charge is 0.370 e. The van der Waals surface area contributed by atoms with Gasteiger partial charge in [-0.1, -0.05) is 42.1 Å². The van der Waals surface area contributed by atoms with Crippen molar-refractivity contribution in [2.75, 3.05) is 6.54 Å².